The highest BCUT2D eigenvalue weighted by atomic mass is 16.5. The third kappa shape index (κ3) is 7.26. The second-order valence-electron chi connectivity index (χ2n) is 11.3. The van der Waals surface area contributed by atoms with Gasteiger partial charge in [0, 0.05) is 38.5 Å². The van der Waals surface area contributed by atoms with Crippen LogP contribution in [0.25, 0.3) is 0 Å². The highest BCUT2D eigenvalue weighted by Gasteiger charge is 2.32. The number of amides is 2. The summed E-state index contributed by atoms with van der Waals surface area (Å²) in [6.45, 7) is 5.74. The average Bonchev–Trinajstić information content (AvgIpc) is 2.98. The summed E-state index contributed by atoms with van der Waals surface area (Å²) < 4.78 is 12.6. The Balaban J connectivity index is 1.29. The Hall–Kier alpha value is -3.88. The largest absolute Gasteiger partial charge is 0.486 e. The Morgan fingerprint density at radius 3 is 2.46 bits per heavy atom. The molecule has 0 radical (unpaired) electrons. The SMILES string of the molecule is C[C@@H]1CN(C)C(=O)c2cccc(NC(=O)C3CCNCC3)c2O[C@H]1CN(C)Cc1ccc(Oc2ccccc2)cc1. The molecule has 8 nitrogen and oxygen atoms in total. The van der Waals surface area contributed by atoms with Gasteiger partial charge in [0.2, 0.25) is 5.91 Å². The van der Waals surface area contributed by atoms with Crippen molar-refractivity contribution in [1.82, 2.24) is 15.1 Å². The maximum Gasteiger partial charge on any atom is 0.257 e. The van der Waals surface area contributed by atoms with E-state index in [0.717, 1.165) is 49.5 Å². The van der Waals surface area contributed by atoms with Crippen molar-refractivity contribution in [1.29, 1.82) is 0 Å². The number of benzene rings is 3. The Kier molecular flexibility index (Phi) is 9.21. The summed E-state index contributed by atoms with van der Waals surface area (Å²) in [7, 11) is 3.90. The predicted molar refractivity (Wildman–Crippen MR) is 160 cm³/mol. The van der Waals surface area contributed by atoms with Gasteiger partial charge in [-0.05, 0) is 74.9 Å². The minimum Gasteiger partial charge on any atom is -0.486 e. The van der Waals surface area contributed by atoms with E-state index < -0.39 is 0 Å². The third-order valence-corrected chi connectivity index (χ3v) is 7.87. The first kappa shape index (κ1) is 28.6. The van der Waals surface area contributed by atoms with Gasteiger partial charge in [0.25, 0.3) is 5.91 Å². The van der Waals surface area contributed by atoms with Crippen molar-refractivity contribution >= 4 is 17.5 Å². The van der Waals surface area contributed by atoms with E-state index in [1.165, 1.54) is 0 Å². The molecule has 41 heavy (non-hydrogen) atoms. The number of piperidine rings is 1. The van der Waals surface area contributed by atoms with Crippen LogP contribution in [0.15, 0.2) is 72.8 Å². The smallest absolute Gasteiger partial charge is 0.257 e. The lowest BCUT2D eigenvalue weighted by molar-refractivity contribution is -0.120. The van der Waals surface area contributed by atoms with Crippen LogP contribution < -0.4 is 20.1 Å². The van der Waals surface area contributed by atoms with E-state index in [0.29, 0.717) is 30.1 Å². The molecule has 5 rings (SSSR count). The van der Waals surface area contributed by atoms with Crippen molar-refractivity contribution in [2.45, 2.75) is 32.4 Å². The van der Waals surface area contributed by atoms with Gasteiger partial charge in [0.1, 0.15) is 17.6 Å². The van der Waals surface area contributed by atoms with Gasteiger partial charge in [-0.3, -0.25) is 14.5 Å². The maximum atomic E-state index is 13.3. The molecule has 0 unspecified atom stereocenters. The number of hydrogen-bond donors (Lipinski definition) is 2. The predicted octanol–water partition coefficient (Wildman–Crippen LogP) is 5.02. The van der Waals surface area contributed by atoms with E-state index in [4.69, 9.17) is 9.47 Å². The van der Waals surface area contributed by atoms with Crippen LogP contribution in [0, 0.1) is 11.8 Å². The molecule has 2 amide bonds. The van der Waals surface area contributed by atoms with Crippen molar-refractivity contribution in [2.75, 3.05) is 45.6 Å². The standard InChI is InChI=1S/C33H40N4O4/c1-23-20-37(3)33(39)28-10-7-11-29(35-32(38)25-16-18-34-19-17-25)31(28)41-30(23)22-36(2)21-24-12-14-27(15-13-24)40-26-8-5-4-6-9-26/h4-15,23,25,30,34H,16-22H2,1-3H3,(H,35,38)/t23-,30+/m1/s1. The third-order valence-electron chi connectivity index (χ3n) is 7.87. The molecular weight excluding hydrogens is 516 g/mol. The van der Waals surface area contributed by atoms with Gasteiger partial charge in [-0.15, -0.1) is 0 Å². The van der Waals surface area contributed by atoms with E-state index in [9.17, 15) is 9.59 Å². The van der Waals surface area contributed by atoms with Crippen molar-refractivity contribution in [3.63, 3.8) is 0 Å². The zero-order valence-corrected chi connectivity index (χ0v) is 24.1. The zero-order chi connectivity index (χ0) is 28.8. The molecular formula is C33H40N4O4. The second-order valence-corrected chi connectivity index (χ2v) is 11.3. The molecule has 216 valence electrons. The highest BCUT2D eigenvalue weighted by Crippen LogP contribution is 2.35. The number of rotatable bonds is 8. The summed E-state index contributed by atoms with van der Waals surface area (Å²) in [6.07, 6.45) is 1.41. The number of carbonyl (C=O) groups is 2. The Morgan fingerprint density at radius 1 is 1.02 bits per heavy atom. The molecule has 8 heteroatoms. The van der Waals surface area contributed by atoms with Crippen molar-refractivity contribution in [3.05, 3.63) is 83.9 Å². The minimum atomic E-state index is -0.188. The van der Waals surface area contributed by atoms with Gasteiger partial charge in [-0.2, -0.15) is 0 Å². The first-order valence-corrected chi connectivity index (χ1v) is 14.4. The van der Waals surface area contributed by atoms with Gasteiger partial charge in [-0.1, -0.05) is 43.3 Å². The first-order valence-electron chi connectivity index (χ1n) is 14.4. The molecule has 3 aromatic carbocycles. The average molecular weight is 557 g/mol. The van der Waals surface area contributed by atoms with Crippen LogP contribution in [0.3, 0.4) is 0 Å². The van der Waals surface area contributed by atoms with Crippen molar-refractivity contribution in [3.8, 4) is 17.2 Å². The van der Waals surface area contributed by atoms with Crippen LogP contribution in [0.5, 0.6) is 17.2 Å². The number of carbonyl (C=O) groups excluding carboxylic acids is 2. The first-order chi connectivity index (χ1) is 19.9. The van der Waals surface area contributed by atoms with E-state index in [1.807, 2.05) is 61.6 Å². The highest BCUT2D eigenvalue weighted by molar-refractivity contribution is 6.01. The molecule has 1 saturated heterocycles. The molecule has 3 aromatic rings. The van der Waals surface area contributed by atoms with Crippen LogP contribution in [-0.4, -0.2) is 68.0 Å². The van der Waals surface area contributed by atoms with E-state index in [2.05, 4.69) is 41.6 Å². The summed E-state index contributed by atoms with van der Waals surface area (Å²) in [5.41, 5.74) is 2.20. The molecule has 0 bridgehead atoms. The Bertz CT molecular complexity index is 1320. The molecule has 1 fully saturated rings. The number of anilines is 1. The summed E-state index contributed by atoms with van der Waals surface area (Å²) in [4.78, 5) is 30.4. The molecule has 0 spiro atoms. The fraction of sp³-hybridized carbons (Fsp3) is 0.394. The molecule has 0 aliphatic carbocycles. The topological polar surface area (TPSA) is 83.1 Å². The molecule has 0 aromatic heterocycles. The number of ether oxygens (including phenoxy) is 2. The summed E-state index contributed by atoms with van der Waals surface area (Å²) in [6, 6.07) is 23.3. The molecule has 2 atom stereocenters. The normalized spacial score (nSPS) is 19.6. The number of nitrogens with zero attached hydrogens (tertiary/aromatic N) is 2. The molecule has 2 aliphatic rings. The molecule has 0 saturated carbocycles. The van der Waals surface area contributed by atoms with Crippen LogP contribution in [-0.2, 0) is 11.3 Å². The summed E-state index contributed by atoms with van der Waals surface area (Å²) in [5.74, 6) is 1.96. The lowest BCUT2D eigenvalue weighted by atomic mass is 9.97. The van der Waals surface area contributed by atoms with Gasteiger partial charge >= 0.3 is 0 Å². The monoisotopic (exact) mass is 556 g/mol. The van der Waals surface area contributed by atoms with Gasteiger partial charge < -0.3 is 25.0 Å². The van der Waals surface area contributed by atoms with Gasteiger partial charge in [0.05, 0.1) is 11.3 Å². The van der Waals surface area contributed by atoms with Crippen molar-refractivity contribution < 1.29 is 19.1 Å². The van der Waals surface area contributed by atoms with E-state index in [-0.39, 0.29) is 29.8 Å². The van der Waals surface area contributed by atoms with Crippen LogP contribution >= 0.6 is 0 Å². The molecule has 2 heterocycles. The number of para-hydroxylation sites is 2. The Morgan fingerprint density at radius 2 is 1.73 bits per heavy atom. The van der Waals surface area contributed by atoms with Crippen LogP contribution in [0.2, 0.25) is 0 Å². The number of nitrogens with one attached hydrogen (secondary N) is 2. The van der Waals surface area contributed by atoms with E-state index in [1.54, 1.807) is 11.0 Å². The molecule has 2 aliphatic heterocycles. The number of hydrogen-bond acceptors (Lipinski definition) is 6. The van der Waals surface area contributed by atoms with Gasteiger partial charge in [-0.25, -0.2) is 0 Å². The zero-order valence-electron chi connectivity index (χ0n) is 24.1. The second kappa shape index (κ2) is 13.2. The van der Waals surface area contributed by atoms with E-state index >= 15 is 0 Å². The van der Waals surface area contributed by atoms with Crippen LogP contribution in [0.4, 0.5) is 5.69 Å². The number of likely N-dealkylation sites (N-methyl/N-ethyl adjacent to an activating group) is 1. The van der Waals surface area contributed by atoms with Crippen LogP contribution in [0.1, 0.15) is 35.7 Å². The number of fused-ring (bicyclic) bond motifs is 1. The Labute approximate surface area is 242 Å². The summed E-state index contributed by atoms with van der Waals surface area (Å²) >= 11 is 0. The maximum absolute atomic E-state index is 13.3. The minimum absolute atomic E-state index is 0.0206. The lowest BCUT2D eigenvalue weighted by Crippen LogP contribution is -2.45. The van der Waals surface area contributed by atoms with Gasteiger partial charge in [0.15, 0.2) is 5.75 Å². The lowest BCUT2D eigenvalue weighted by Gasteiger charge is -2.35. The molecule has 2 N–H and O–H groups in total. The fourth-order valence-corrected chi connectivity index (χ4v) is 5.54. The summed E-state index contributed by atoms with van der Waals surface area (Å²) in [5, 5.41) is 6.39. The van der Waals surface area contributed by atoms with Crippen molar-refractivity contribution in [2.24, 2.45) is 11.8 Å². The quantitative estimate of drug-likeness (QED) is 0.406. The fourth-order valence-electron chi connectivity index (χ4n) is 5.54.